The van der Waals surface area contributed by atoms with E-state index in [0.717, 1.165) is 20.0 Å². The van der Waals surface area contributed by atoms with E-state index >= 15 is 0 Å². The second-order valence-electron chi connectivity index (χ2n) is 2.58. The van der Waals surface area contributed by atoms with Gasteiger partial charge >= 0.3 is 7.82 Å². The van der Waals surface area contributed by atoms with E-state index in [4.69, 9.17) is 9.63 Å². The van der Waals surface area contributed by atoms with E-state index < -0.39 is 7.82 Å². The van der Waals surface area contributed by atoms with Crippen LogP contribution < -0.4 is 0 Å². The predicted molar refractivity (Wildman–Crippen MR) is 41.8 cm³/mol. The minimum atomic E-state index is -3.81. The molecule has 1 aliphatic heterocycles. The third-order valence-electron chi connectivity index (χ3n) is 1.68. The van der Waals surface area contributed by atoms with Crippen molar-refractivity contribution in [3.05, 3.63) is 0 Å². The Hall–Kier alpha value is 0.0700. The summed E-state index contributed by atoms with van der Waals surface area (Å²) in [5, 5.41) is 0. The summed E-state index contributed by atoms with van der Waals surface area (Å²) >= 11 is 0. The summed E-state index contributed by atoms with van der Waals surface area (Å²) in [4.78, 5) is 8.84. The zero-order chi connectivity index (χ0) is 9.03. The molecule has 2 atom stereocenters. The zero-order valence-corrected chi connectivity index (χ0v) is 7.83. The first-order chi connectivity index (χ1) is 5.64. The Balaban J connectivity index is 2.20. The van der Waals surface area contributed by atoms with Crippen molar-refractivity contribution in [2.24, 2.45) is 0 Å². The molecule has 0 amide bonds. The van der Waals surface area contributed by atoms with Crippen molar-refractivity contribution in [2.45, 2.75) is 18.9 Å². The van der Waals surface area contributed by atoms with E-state index in [1.54, 1.807) is 0 Å². The van der Waals surface area contributed by atoms with Crippen molar-refractivity contribution >= 4 is 7.82 Å². The van der Waals surface area contributed by atoms with Gasteiger partial charge in [0.25, 0.3) is 0 Å². The van der Waals surface area contributed by atoms with Gasteiger partial charge in [-0.05, 0) is 12.8 Å². The summed E-state index contributed by atoms with van der Waals surface area (Å²) < 4.78 is 24.8. The first-order valence-corrected chi connectivity index (χ1v) is 5.28. The van der Waals surface area contributed by atoms with Gasteiger partial charge in [0.05, 0.1) is 12.7 Å². The SMILES string of the molecule is COP(=O)(O)OC[C@@H]1CCCO1. The van der Waals surface area contributed by atoms with E-state index in [-0.39, 0.29) is 12.7 Å². The molecule has 1 unspecified atom stereocenters. The van der Waals surface area contributed by atoms with Crippen molar-refractivity contribution in [3.63, 3.8) is 0 Å². The fourth-order valence-corrected chi connectivity index (χ4v) is 1.47. The van der Waals surface area contributed by atoms with Crippen LogP contribution in [0.25, 0.3) is 0 Å². The molecule has 1 aliphatic rings. The lowest BCUT2D eigenvalue weighted by atomic mass is 10.2. The van der Waals surface area contributed by atoms with Crippen LogP contribution in [0.3, 0.4) is 0 Å². The van der Waals surface area contributed by atoms with E-state index in [0.29, 0.717) is 6.61 Å². The Bertz CT molecular complexity index is 177. The number of phosphoric ester groups is 1. The first-order valence-electron chi connectivity index (χ1n) is 3.79. The van der Waals surface area contributed by atoms with E-state index in [9.17, 15) is 4.57 Å². The summed E-state index contributed by atoms with van der Waals surface area (Å²) in [6, 6.07) is 0. The van der Waals surface area contributed by atoms with Crippen LogP contribution in [0.1, 0.15) is 12.8 Å². The Kier molecular flexibility index (Phi) is 3.68. The molecule has 0 aromatic heterocycles. The molecular formula is C6H13O5P. The molecule has 0 aromatic carbocycles. The van der Waals surface area contributed by atoms with Crippen LogP contribution in [0, 0.1) is 0 Å². The number of rotatable bonds is 4. The average molecular weight is 196 g/mol. The molecule has 0 aliphatic carbocycles. The van der Waals surface area contributed by atoms with E-state index in [1.807, 2.05) is 0 Å². The van der Waals surface area contributed by atoms with Gasteiger partial charge in [-0.3, -0.25) is 9.05 Å². The summed E-state index contributed by atoms with van der Waals surface area (Å²) in [5.74, 6) is 0. The molecule has 1 heterocycles. The van der Waals surface area contributed by atoms with Crippen LogP contribution in [-0.4, -0.2) is 31.3 Å². The maximum atomic E-state index is 10.8. The standard InChI is InChI=1S/C6H13O5P/c1-9-12(7,8)11-5-6-3-2-4-10-6/h6H,2-5H2,1H3,(H,7,8)/t6-/m0/s1. The summed E-state index contributed by atoms with van der Waals surface area (Å²) in [6.45, 7) is 0.832. The summed E-state index contributed by atoms with van der Waals surface area (Å²) in [6.07, 6.45) is 1.81. The molecule has 6 heteroatoms. The largest absolute Gasteiger partial charge is 0.472 e. The number of ether oxygens (including phenoxy) is 1. The molecule has 1 saturated heterocycles. The molecule has 0 saturated carbocycles. The van der Waals surface area contributed by atoms with Crippen LogP contribution in [0.5, 0.6) is 0 Å². The van der Waals surface area contributed by atoms with Gasteiger partial charge < -0.3 is 9.63 Å². The molecule has 1 fully saturated rings. The van der Waals surface area contributed by atoms with Gasteiger partial charge in [0.1, 0.15) is 0 Å². The topological polar surface area (TPSA) is 65.0 Å². The average Bonchev–Trinajstić information content (AvgIpc) is 2.53. The van der Waals surface area contributed by atoms with Gasteiger partial charge in [-0.1, -0.05) is 0 Å². The van der Waals surface area contributed by atoms with Gasteiger partial charge in [-0.2, -0.15) is 0 Å². The van der Waals surface area contributed by atoms with Crippen LogP contribution in [0.2, 0.25) is 0 Å². The molecule has 0 aromatic rings. The van der Waals surface area contributed by atoms with E-state index in [1.165, 1.54) is 0 Å². The smallest absolute Gasteiger partial charge is 0.376 e. The maximum Gasteiger partial charge on any atom is 0.472 e. The second kappa shape index (κ2) is 4.35. The number of hydrogen-bond acceptors (Lipinski definition) is 4. The molecule has 72 valence electrons. The highest BCUT2D eigenvalue weighted by Gasteiger charge is 2.23. The minimum Gasteiger partial charge on any atom is -0.376 e. The summed E-state index contributed by atoms with van der Waals surface area (Å²) in [5.41, 5.74) is 0. The Labute approximate surface area is 71.2 Å². The monoisotopic (exact) mass is 196 g/mol. The van der Waals surface area contributed by atoms with Crippen molar-refractivity contribution in [3.8, 4) is 0 Å². The van der Waals surface area contributed by atoms with Gasteiger partial charge in [0.15, 0.2) is 0 Å². The third kappa shape index (κ3) is 3.21. The first kappa shape index (κ1) is 10.2. The fourth-order valence-electron chi connectivity index (χ4n) is 1.01. The molecule has 0 spiro atoms. The molecule has 0 bridgehead atoms. The molecule has 12 heavy (non-hydrogen) atoms. The second-order valence-corrected chi connectivity index (χ2v) is 4.14. The molecule has 1 rings (SSSR count). The molecular weight excluding hydrogens is 183 g/mol. The van der Waals surface area contributed by atoms with Crippen molar-refractivity contribution in [1.29, 1.82) is 0 Å². The van der Waals surface area contributed by atoms with Crippen LogP contribution in [-0.2, 0) is 18.3 Å². The Morgan fingerprint density at radius 3 is 3.00 bits per heavy atom. The molecule has 5 nitrogen and oxygen atoms in total. The maximum absolute atomic E-state index is 10.8. The molecule has 1 N–H and O–H groups in total. The third-order valence-corrected chi connectivity index (χ3v) is 2.62. The predicted octanol–water partition coefficient (Wildman–Crippen LogP) is 0.929. The van der Waals surface area contributed by atoms with Crippen molar-refractivity contribution in [2.75, 3.05) is 20.3 Å². The van der Waals surface area contributed by atoms with Crippen molar-refractivity contribution < 1.29 is 23.2 Å². The van der Waals surface area contributed by atoms with Gasteiger partial charge in [0, 0.05) is 13.7 Å². The highest BCUT2D eigenvalue weighted by atomic mass is 31.2. The highest BCUT2D eigenvalue weighted by Crippen LogP contribution is 2.42. The Morgan fingerprint density at radius 2 is 2.50 bits per heavy atom. The lowest BCUT2D eigenvalue weighted by Crippen LogP contribution is -2.13. The van der Waals surface area contributed by atoms with Crippen molar-refractivity contribution in [1.82, 2.24) is 0 Å². The Morgan fingerprint density at radius 1 is 1.75 bits per heavy atom. The van der Waals surface area contributed by atoms with Gasteiger partial charge in [-0.25, -0.2) is 4.57 Å². The number of phosphoric acid groups is 1. The lowest BCUT2D eigenvalue weighted by molar-refractivity contribution is 0.0516. The quantitative estimate of drug-likeness (QED) is 0.677. The van der Waals surface area contributed by atoms with Crippen LogP contribution in [0.4, 0.5) is 0 Å². The fraction of sp³-hybridized carbons (Fsp3) is 1.00. The van der Waals surface area contributed by atoms with Gasteiger partial charge in [-0.15, -0.1) is 0 Å². The summed E-state index contributed by atoms with van der Waals surface area (Å²) in [7, 11) is -2.67. The molecule has 0 radical (unpaired) electrons. The normalized spacial score (nSPS) is 28.7. The van der Waals surface area contributed by atoms with E-state index in [2.05, 4.69) is 9.05 Å². The number of hydrogen-bond donors (Lipinski definition) is 1. The van der Waals surface area contributed by atoms with Crippen LogP contribution >= 0.6 is 7.82 Å². The van der Waals surface area contributed by atoms with Gasteiger partial charge in [0.2, 0.25) is 0 Å². The lowest BCUT2D eigenvalue weighted by Gasteiger charge is -2.12. The zero-order valence-electron chi connectivity index (χ0n) is 6.93. The minimum absolute atomic E-state index is 0.0550. The highest BCUT2D eigenvalue weighted by molar-refractivity contribution is 7.47. The van der Waals surface area contributed by atoms with Crippen LogP contribution in [0.15, 0.2) is 0 Å².